The Hall–Kier alpha value is -3.79. The number of hydrogen-bond acceptors (Lipinski definition) is 8. The molecule has 0 aromatic rings. The second-order valence-electron chi connectivity index (χ2n) is 23.4. The van der Waals surface area contributed by atoms with Crippen LogP contribution in [0.5, 0.6) is 0 Å². The lowest BCUT2D eigenvalue weighted by molar-refractivity contribution is -0.870. The summed E-state index contributed by atoms with van der Waals surface area (Å²) in [4.78, 5) is 37.4. The maximum Gasteiger partial charge on any atom is 0.306 e. The van der Waals surface area contributed by atoms with Gasteiger partial charge in [-0.1, -0.05) is 272 Å². The molecule has 0 radical (unpaired) electrons. The summed E-state index contributed by atoms with van der Waals surface area (Å²) >= 11 is 0. The number of unbranched alkanes of at least 4 members (excludes halogenated alkanes) is 30. The fourth-order valence-electron chi connectivity index (χ4n) is 9.22. The summed E-state index contributed by atoms with van der Waals surface area (Å²) in [6.45, 7) is 4.62. The number of carbonyl (C=O) groups is 3. The van der Waals surface area contributed by atoms with Crippen molar-refractivity contribution in [2.24, 2.45) is 0 Å². The summed E-state index contributed by atoms with van der Waals surface area (Å²) in [7, 11) is 5.92. The molecule has 0 aliphatic heterocycles. The van der Waals surface area contributed by atoms with Crippen molar-refractivity contribution in [2.75, 3.05) is 47.5 Å². The second-order valence-corrected chi connectivity index (χ2v) is 23.4. The summed E-state index contributed by atoms with van der Waals surface area (Å²) in [6.07, 6.45) is 81.9. The number of carboxylic acids is 1. The van der Waals surface area contributed by atoms with E-state index < -0.39 is 24.3 Å². The number of allylic oxidation sites excluding steroid dienone is 16. The fraction of sp³-hybridized carbons (Fsp3) is 0.736. The number of ether oxygens (including phenoxy) is 4. The van der Waals surface area contributed by atoms with E-state index in [0.29, 0.717) is 17.4 Å². The van der Waals surface area contributed by atoms with E-state index in [0.717, 1.165) is 103 Å². The predicted octanol–water partition coefficient (Wildman–Crippen LogP) is 19.1. The summed E-state index contributed by atoms with van der Waals surface area (Å²) in [5.41, 5.74) is 0. The predicted molar refractivity (Wildman–Crippen MR) is 343 cm³/mol. The van der Waals surface area contributed by atoms with E-state index in [1.54, 1.807) is 0 Å². The highest BCUT2D eigenvalue weighted by molar-refractivity contribution is 5.70. The topological polar surface area (TPSA) is 111 Å². The van der Waals surface area contributed by atoms with E-state index in [4.69, 9.17) is 18.9 Å². The largest absolute Gasteiger partial charge is 0.545 e. The first-order chi connectivity index (χ1) is 39.6. The molecule has 81 heavy (non-hydrogen) atoms. The third-order valence-corrected chi connectivity index (χ3v) is 14.3. The van der Waals surface area contributed by atoms with Crippen LogP contribution in [0.1, 0.15) is 284 Å². The van der Waals surface area contributed by atoms with E-state index in [1.807, 2.05) is 21.1 Å². The van der Waals surface area contributed by atoms with Crippen molar-refractivity contribution in [1.29, 1.82) is 0 Å². The Morgan fingerprint density at radius 1 is 0.383 bits per heavy atom. The number of carbonyl (C=O) groups excluding carboxylic acids is 3. The van der Waals surface area contributed by atoms with Crippen molar-refractivity contribution in [1.82, 2.24) is 0 Å². The molecule has 0 aromatic carbocycles. The lowest BCUT2D eigenvalue weighted by Gasteiger charge is -2.26. The highest BCUT2D eigenvalue weighted by atomic mass is 16.7. The van der Waals surface area contributed by atoms with Gasteiger partial charge in [0.15, 0.2) is 12.4 Å². The average Bonchev–Trinajstić information content (AvgIpc) is 3.44. The van der Waals surface area contributed by atoms with Crippen LogP contribution in [0.15, 0.2) is 97.2 Å². The van der Waals surface area contributed by atoms with E-state index in [-0.39, 0.29) is 38.6 Å². The maximum atomic E-state index is 12.9. The molecule has 0 amide bonds. The molecule has 466 valence electrons. The molecule has 0 saturated heterocycles. The average molecular weight is 1130 g/mol. The summed E-state index contributed by atoms with van der Waals surface area (Å²) < 4.78 is 22.8. The highest BCUT2D eigenvalue weighted by Gasteiger charge is 2.22. The minimum absolute atomic E-state index is 0.141. The van der Waals surface area contributed by atoms with Gasteiger partial charge in [0.25, 0.3) is 0 Å². The number of likely N-dealkylation sites (N-methyl/N-ethyl adjacent to an activating group) is 1. The van der Waals surface area contributed by atoms with E-state index in [9.17, 15) is 19.5 Å². The molecule has 0 saturated carbocycles. The number of esters is 2. The SMILES string of the molecule is CC/C=C\C/C=C\C/C=C\C/C=C\C/C=C\C/C=C\CCCCCCCCC(=O)OC(COC(=O)CCCCCCCCCCCCCCCCCCCCC/C=C\C/C=C\CCCCCCC)COC(OCC[N+](C)(C)C)C(=O)[O-]. The number of hydrogen-bond donors (Lipinski definition) is 0. The lowest BCUT2D eigenvalue weighted by Crippen LogP contribution is -2.44. The van der Waals surface area contributed by atoms with Crippen molar-refractivity contribution >= 4 is 17.9 Å². The number of aliphatic carboxylic acids is 1. The molecular weight excluding hydrogens is 1010 g/mol. The van der Waals surface area contributed by atoms with Gasteiger partial charge in [-0.3, -0.25) is 9.59 Å². The van der Waals surface area contributed by atoms with Gasteiger partial charge in [-0.2, -0.15) is 0 Å². The Morgan fingerprint density at radius 3 is 1.05 bits per heavy atom. The normalized spacial score (nSPS) is 13.3. The van der Waals surface area contributed by atoms with Gasteiger partial charge in [0, 0.05) is 12.8 Å². The molecule has 2 unspecified atom stereocenters. The lowest BCUT2D eigenvalue weighted by atomic mass is 10.0. The van der Waals surface area contributed by atoms with Crippen LogP contribution in [0.3, 0.4) is 0 Å². The number of carboxylic acid groups (broad SMARTS) is 1. The summed E-state index contributed by atoms with van der Waals surface area (Å²) in [6, 6.07) is 0. The Morgan fingerprint density at radius 2 is 0.704 bits per heavy atom. The van der Waals surface area contributed by atoms with Gasteiger partial charge in [0.05, 0.1) is 40.3 Å². The van der Waals surface area contributed by atoms with Crippen LogP contribution in [0.2, 0.25) is 0 Å². The molecule has 0 rings (SSSR count). The molecule has 9 nitrogen and oxygen atoms in total. The van der Waals surface area contributed by atoms with Gasteiger partial charge in [-0.05, 0) is 96.3 Å². The summed E-state index contributed by atoms with van der Waals surface area (Å²) in [5, 5.41) is 11.8. The van der Waals surface area contributed by atoms with Crippen molar-refractivity contribution in [3.8, 4) is 0 Å². The fourth-order valence-corrected chi connectivity index (χ4v) is 9.22. The molecule has 9 heteroatoms. The zero-order valence-electron chi connectivity index (χ0n) is 53.1. The molecule has 0 aliphatic rings. The molecule has 0 spiro atoms. The van der Waals surface area contributed by atoms with Gasteiger partial charge in [-0.25, -0.2) is 0 Å². The van der Waals surface area contributed by atoms with Crippen LogP contribution in [-0.2, 0) is 33.3 Å². The number of quaternary nitrogens is 1. The van der Waals surface area contributed by atoms with Crippen LogP contribution < -0.4 is 5.11 Å². The monoisotopic (exact) mass is 1130 g/mol. The van der Waals surface area contributed by atoms with Gasteiger partial charge in [-0.15, -0.1) is 0 Å². The highest BCUT2D eigenvalue weighted by Crippen LogP contribution is 2.17. The molecule has 0 aliphatic carbocycles. The standard InChI is InChI=1S/C72H125NO8/c1-6-8-10-12-14-16-18-20-22-24-26-28-30-32-33-34-35-36-37-39-40-42-44-46-48-50-52-54-56-58-60-62-69(74)79-66-68(67-80-72(71(76)77)78-65-64-73(3,4)5)81-70(75)63-61-59-57-55-53-51-49-47-45-43-41-38-31-29-27-25-23-21-19-17-15-13-11-9-7-2/h9,11,15,17-18,20-21,23-24,26-27,29,38,41,45,47,68,72H,6-8,10,12-14,16,19,22,25,28,30-37,39-40,42-44,46,48-67H2,1-5H3/b11-9-,17-15-,20-18-,23-21-,26-24-,29-27-,41-38-,47-45-. The molecule has 0 heterocycles. The number of nitrogens with zero attached hydrogens (tertiary/aromatic N) is 1. The maximum absolute atomic E-state index is 12.9. The van der Waals surface area contributed by atoms with Crippen molar-refractivity contribution in [2.45, 2.75) is 296 Å². The van der Waals surface area contributed by atoms with Crippen LogP contribution in [0.25, 0.3) is 0 Å². The van der Waals surface area contributed by atoms with Gasteiger partial charge >= 0.3 is 11.9 Å². The molecule has 2 atom stereocenters. The van der Waals surface area contributed by atoms with Crippen LogP contribution in [0.4, 0.5) is 0 Å². The Kier molecular flexibility index (Phi) is 59.3. The zero-order valence-corrected chi connectivity index (χ0v) is 53.1. The van der Waals surface area contributed by atoms with Crippen molar-refractivity contribution in [3.63, 3.8) is 0 Å². The first kappa shape index (κ1) is 77.2. The third kappa shape index (κ3) is 63.6. The molecule has 0 bridgehead atoms. The quantitative estimate of drug-likeness (QED) is 0.0195. The number of rotatable bonds is 61. The smallest absolute Gasteiger partial charge is 0.306 e. The van der Waals surface area contributed by atoms with E-state index in [1.165, 1.54) is 148 Å². The first-order valence-electron chi connectivity index (χ1n) is 33.4. The van der Waals surface area contributed by atoms with Gasteiger partial charge < -0.3 is 33.3 Å². The summed E-state index contributed by atoms with van der Waals surface area (Å²) in [5.74, 6) is -2.30. The van der Waals surface area contributed by atoms with Gasteiger partial charge in [0.2, 0.25) is 0 Å². The zero-order chi connectivity index (χ0) is 59.1. The third-order valence-electron chi connectivity index (χ3n) is 14.3. The van der Waals surface area contributed by atoms with Crippen LogP contribution in [-0.4, -0.2) is 82.3 Å². The van der Waals surface area contributed by atoms with Crippen LogP contribution in [0, 0.1) is 0 Å². The van der Waals surface area contributed by atoms with E-state index >= 15 is 0 Å². The Balaban J connectivity index is 4.16. The molecular formula is C72H125NO8. The van der Waals surface area contributed by atoms with Gasteiger partial charge in [0.1, 0.15) is 13.2 Å². The molecule has 0 aromatic heterocycles. The molecule has 0 N–H and O–H groups in total. The second kappa shape index (κ2) is 62.3. The minimum atomic E-state index is -1.63. The van der Waals surface area contributed by atoms with Crippen molar-refractivity contribution in [3.05, 3.63) is 97.2 Å². The first-order valence-corrected chi connectivity index (χ1v) is 33.4. The van der Waals surface area contributed by atoms with E-state index in [2.05, 4.69) is 111 Å². The Bertz CT molecular complexity index is 1650. The van der Waals surface area contributed by atoms with Crippen LogP contribution >= 0.6 is 0 Å². The Labute approximate surface area is 499 Å². The van der Waals surface area contributed by atoms with Crippen molar-refractivity contribution < 1.29 is 42.9 Å². The molecule has 0 fully saturated rings. The minimum Gasteiger partial charge on any atom is -0.545 e.